The van der Waals surface area contributed by atoms with Crippen LogP contribution in [0, 0.1) is 0 Å². The molecule has 0 amide bonds. The number of nitrogens with zero attached hydrogens (tertiary/aromatic N) is 1. The lowest BCUT2D eigenvalue weighted by Crippen LogP contribution is -2.09. The molecule has 0 spiro atoms. The fraction of sp³-hybridized carbons (Fsp3) is 0. The van der Waals surface area contributed by atoms with E-state index in [4.69, 9.17) is 0 Å². The molecule has 0 saturated heterocycles. The fourth-order valence-electron chi connectivity index (χ4n) is 2.46. The topological polar surface area (TPSA) is 88.4 Å². The maximum Gasteiger partial charge on any atom is 0.340 e. The Labute approximate surface area is 138 Å². The SMILES string of the molecule is O=C(O)c1cc(-c2ccc3ccccc3c2)sc1Nn1c(=O)c1=O. The van der Waals surface area contributed by atoms with Crippen LogP contribution < -0.4 is 16.5 Å². The van der Waals surface area contributed by atoms with E-state index < -0.39 is 17.1 Å². The predicted molar refractivity (Wildman–Crippen MR) is 92.6 cm³/mol. The van der Waals surface area contributed by atoms with Crippen molar-refractivity contribution in [1.82, 2.24) is 4.68 Å². The molecular weight excluding hydrogens is 328 g/mol. The van der Waals surface area contributed by atoms with Crippen LogP contribution in [-0.2, 0) is 0 Å². The van der Waals surface area contributed by atoms with Gasteiger partial charge in [-0.15, -0.1) is 11.3 Å². The molecule has 0 aliphatic rings. The summed E-state index contributed by atoms with van der Waals surface area (Å²) in [6, 6.07) is 15.3. The zero-order chi connectivity index (χ0) is 16.8. The molecule has 7 heteroatoms. The molecule has 2 aromatic carbocycles. The predicted octanol–water partition coefficient (Wildman–Crippen LogP) is 2.54. The van der Waals surface area contributed by atoms with Gasteiger partial charge in [-0.25, -0.2) is 4.79 Å². The van der Waals surface area contributed by atoms with Gasteiger partial charge in [0.25, 0.3) is 0 Å². The van der Waals surface area contributed by atoms with E-state index in [1.807, 2.05) is 42.5 Å². The van der Waals surface area contributed by atoms with Gasteiger partial charge in [0.2, 0.25) is 0 Å². The van der Waals surface area contributed by atoms with E-state index in [0.717, 1.165) is 25.9 Å². The van der Waals surface area contributed by atoms with E-state index in [-0.39, 0.29) is 10.6 Å². The Balaban J connectivity index is 1.79. The molecular formula is C17H10N2O4S. The van der Waals surface area contributed by atoms with Crippen LogP contribution in [0.5, 0.6) is 0 Å². The Morgan fingerprint density at radius 3 is 2.38 bits per heavy atom. The normalized spacial score (nSPS) is 11.2. The average molecular weight is 338 g/mol. The van der Waals surface area contributed by atoms with E-state index in [9.17, 15) is 19.5 Å². The van der Waals surface area contributed by atoms with E-state index in [1.54, 1.807) is 0 Å². The van der Waals surface area contributed by atoms with Gasteiger partial charge in [0.05, 0.1) is 5.56 Å². The summed E-state index contributed by atoms with van der Waals surface area (Å²) in [4.78, 5) is 34.4. The smallest absolute Gasteiger partial charge is 0.340 e. The van der Waals surface area contributed by atoms with Gasteiger partial charge < -0.3 is 5.11 Å². The number of aromatic nitrogens is 1. The number of thiophene rings is 1. The molecule has 0 aliphatic carbocycles. The van der Waals surface area contributed by atoms with Crippen molar-refractivity contribution >= 4 is 33.1 Å². The van der Waals surface area contributed by atoms with Crippen LogP contribution in [0.15, 0.2) is 58.1 Å². The summed E-state index contributed by atoms with van der Waals surface area (Å²) in [5.41, 5.74) is 2.11. The quantitative estimate of drug-likeness (QED) is 0.558. The molecule has 0 fully saturated rings. The molecule has 2 aromatic heterocycles. The van der Waals surface area contributed by atoms with Crippen LogP contribution in [0.2, 0.25) is 0 Å². The standard InChI is InChI=1S/C17H10N2O4S/c20-15-16(21)19(15)18-14-12(17(22)23)8-13(24-14)11-6-5-9-3-1-2-4-10(9)7-11/h1-8,18H,(H,22,23). The first-order valence-electron chi connectivity index (χ1n) is 7.06. The van der Waals surface area contributed by atoms with Crippen LogP contribution >= 0.6 is 11.3 Å². The van der Waals surface area contributed by atoms with Crippen molar-refractivity contribution in [2.45, 2.75) is 0 Å². The molecule has 4 aromatic rings. The van der Waals surface area contributed by atoms with Crippen molar-refractivity contribution in [2.75, 3.05) is 5.43 Å². The highest BCUT2D eigenvalue weighted by Gasteiger charge is 2.22. The van der Waals surface area contributed by atoms with Crippen LogP contribution in [0.3, 0.4) is 0 Å². The molecule has 118 valence electrons. The number of benzene rings is 2. The lowest BCUT2D eigenvalue weighted by Gasteiger charge is -2.01. The van der Waals surface area contributed by atoms with Crippen molar-refractivity contribution in [2.24, 2.45) is 0 Å². The molecule has 0 radical (unpaired) electrons. The van der Waals surface area contributed by atoms with Gasteiger partial charge in [0.1, 0.15) is 5.00 Å². The summed E-state index contributed by atoms with van der Waals surface area (Å²) in [7, 11) is 0. The molecule has 6 nitrogen and oxygen atoms in total. The highest BCUT2D eigenvalue weighted by Crippen LogP contribution is 2.36. The van der Waals surface area contributed by atoms with Crippen LogP contribution in [-0.4, -0.2) is 15.8 Å². The van der Waals surface area contributed by atoms with Gasteiger partial charge in [0, 0.05) is 4.88 Å². The molecule has 2 heterocycles. The Hall–Kier alpha value is -3.19. The fourth-order valence-corrected chi connectivity index (χ4v) is 3.49. The first-order valence-corrected chi connectivity index (χ1v) is 7.87. The number of nitrogens with one attached hydrogen (secondary N) is 1. The third-order valence-electron chi connectivity index (χ3n) is 3.75. The Morgan fingerprint density at radius 2 is 1.71 bits per heavy atom. The Morgan fingerprint density at radius 1 is 1.00 bits per heavy atom. The molecule has 0 unspecified atom stereocenters. The van der Waals surface area contributed by atoms with Gasteiger partial charge in [-0.2, -0.15) is 4.68 Å². The molecule has 2 N–H and O–H groups in total. The third-order valence-corrected chi connectivity index (χ3v) is 4.84. The first kappa shape index (κ1) is 14.4. The summed E-state index contributed by atoms with van der Waals surface area (Å²) in [5, 5.41) is 11.7. The van der Waals surface area contributed by atoms with Crippen LogP contribution in [0.25, 0.3) is 21.2 Å². The minimum atomic E-state index is -1.12. The second-order valence-corrected chi connectivity index (χ2v) is 6.33. The highest BCUT2D eigenvalue weighted by atomic mass is 32.1. The van der Waals surface area contributed by atoms with Crippen molar-refractivity contribution in [3.8, 4) is 10.4 Å². The highest BCUT2D eigenvalue weighted by molar-refractivity contribution is 7.19. The number of hydrogen-bond acceptors (Lipinski definition) is 5. The zero-order valence-corrected chi connectivity index (χ0v) is 13.0. The first-order chi connectivity index (χ1) is 11.5. The monoisotopic (exact) mass is 338 g/mol. The molecule has 24 heavy (non-hydrogen) atoms. The van der Waals surface area contributed by atoms with Crippen molar-refractivity contribution in [3.63, 3.8) is 0 Å². The number of carbonyl (C=O) groups is 1. The molecule has 0 bridgehead atoms. The van der Waals surface area contributed by atoms with Gasteiger partial charge in [-0.1, -0.05) is 36.4 Å². The number of carboxylic acid groups (broad SMARTS) is 1. The number of carboxylic acids is 1. The zero-order valence-electron chi connectivity index (χ0n) is 12.1. The second kappa shape index (κ2) is 5.17. The van der Waals surface area contributed by atoms with Crippen LogP contribution in [0.1, 0.15) is 10.4 Å². The largest absolute Gasteiger partial charge is 0.478 e. The van der Waals surface area contributed by atoms with Crippen molar-refractivity contribution in [1.29, 1.82) is 0 Å². The van der Waals surface area contributed by atoms with Crippen LogP contribution in [0.4, 0.5) is 5.00 Å². The second-order valence-electron chi connectivity index (χ2n) is 5.28. The number of fused-ring (bicyclic) bond motifs is 1. The summed E-state index contributed by atoms with van der Waals surface area (Å²) in [5.74, 6) is -1.12. The summed E-state index contributed by atoms with van der Waals surface area (Å²) >= 11 is 1.18. The number of rotatable bonds is 4. The molecule has 0 atom stereocenters. The molecule has 0 saturated carbocycles. The molecule has 4 rings (SSSR count). The molecule has 0 aliphatic heterocycles. The lowest BCUT2D eigenvalue weighted by atomic mass is 10.1. The van der Waals surface area contributed by atoms with E-state index in [1.165, 1.54) is 17.4 Å². The van der Waals surface area contributed by atoms with Gasteiger partial charge in [-0.3, -0.25) is 15.0 Å². The van der Waals surface area contributed by atoms with E-state index in [0.29, 0.717) is 0 Å². The van der Waals surface area contributed by atoms with Gasteiger partial charge >= 0.3 is 17.1 Å². The summed E-state index contributed by atoms with van der Waals surface area (Å²) in [6.07, 6.45) is 0. The summed E-state index contributed by atoms with van der Waals surface area (Å²) in [6.45, 7) is 0. The number of anilines is 1. The Bertz CT molecular complexity index is 1140. The third kappa shape index (κ3) is 2.31. The summed E-state index contributed by atoms with van der Waals surface area (Å²) < 4.78 is 0.794. The average Bonchev–Trinajstić information content (AvgIpc) is 3.00. The van der Waals surface area contributed by atoms with Crippen molar-refractivity contribution in [3.05, 3.63) is 74.8 Å². The van der Waals surface area contributed by atoms with Crippen molar-refractivity contribution < 1.29 is 9.90 Å². The number of hydrogen-bond donors (Lipinski definition) is 2. The van der Waals surface area contributed by atoms with Gasteiger partial charge in [0.15, 0.2) is 0 Å². The van der Waals surface area contributed by atoms with E-state index >= 15 is 0 Å². The minimum Gasteiger partial charge on any atom is -0.478 e. The lowest BCUT2D eigenvalue weighted by molar-refractivity contribution is 0.0698. The number of aromatic carboxylic acids is 1. The van der Waals surface area contributed by atoms with Gasteiger partial charge in [-0.05, 0) is 28.5 Å². The maximum absolute atomic E-state index is 11.4. The van der Waals surface area contributed by atoms with E-state index in [2.05, 4.69) is 5.43 Å². The minimum absolute atomic E-state index is 0.0238. The Kier molecular flexibility index (Phi) is 3.10. The maximum atomic E-state index is 11.4.